The molecule has 22 heavy (non-hydrogen) atoms. The van der Waals surface area contributed by atoms with E-state index in [1.807, 2.05) is 11.8 Å². The van der Waals surface area contributed by atoms with Gasteiger partial charge in [0, 0.05) is 50.1 Å². The molecule has 0 aliphatic carbocycles. The maximum absolute atomic E-state index is 12.5. The number of fused-ring (bicyclic) bond motifs is 1. The van der Waals surface area contributed by atoms with Crippen LogP contribution in [0.5, 0.6) is 0 Å². The van der Waals surface area contributed by atoms with Gasteiger partial charge in [0.1, 0.15) is 0 Å². The van der Waals surface area contributed by atoms with Crippen molar-refractivity contribution in [3.05, 3.63) is 22.1 Å². The first kappa shape index (κ1) is 15.6. The number of hydrogen-bond donors (Lipinski definition) is 0. The molecule has 0 bridgehead atoms. The number of piperazine rings is 1. The fraction of sp³-hybridized carbons (Fsp3) is 0.667. The lowest BCUT2D eigenvalue weighted by atomic mass is 10.2. The van der Waals surface area contributed by atoms with E-state index in [0.29, 0.717) is 6.42 Å². The topological polar surface area (TPSA) is 58.4 Å². The number of amides is 1. The molecule has 0 unspecified atom stereocenters. The van der Waals surface area contributed by atoms with Crippen molar-refractivity contribution in [2.45, 2.75) is 31.5 Å². The monoisotopic (exact) mass is 322 g/mol. The second-order valence-electron chi connectivity index (χ2n) is 5.87. The molecule has 7 heteroatoms. The maximum atomic E-state index is 12.5. The highest BCUT2D eigenvalue weighted by atomic mass is 32.2. The van der Waals surface area contributed by atoms with E-state index in [4.69, 9.17) is 0 Å². The Morgan fingerprint density at radius 3 is 2.77 bits per heavy atom. The molecule has 0 spiro atoms. The van der Waals surface area contributed by atoms with E-state index >= 15 is 0 Å². The molecule has 6 nitrogen and oxygen atoms in total. The summed E-state index contributed by atoms with van der Waals surface area (Å²) in [6, 6.07) is 1.49. The summed E-state index contributed by atoms with van der Waals surface area (Å²) in [5.41, 5.74) is 0.701. The number of carbonyl (C=O) groups is 1. The fourth-order valence-electron chi connectivity index (χ4n) is 3.06. The summed E-state index contributed by atoms with van der Waals surface area (Å²) in [4.78, 5) is 33.3. The van der Waals surface area contributed by atoms with Gasteiger partial charge in [-0.15, -0.1) is 0 Å². The average molecular weight is 322 g/mol. The Morgan fingerprint density at radius 1 is 1.36 bits per heavy atom. The minimum absolute atomic E-state index is 0.0406. The SMILES string of the molecule is CCN1CCN(C(=O)C[C@@H]2CSc3nc(C)cc(=O)n32)CC1. The number of carbonyl (C=O) groups excluding carboxylic acids is 1. The van der Waals surface area contributed by atoms with Crippen molar-refractivity contribution in [3.63, 3.8) is 0 Å². The largest absolute Gasteiger partial charge is 0.340 e. The van der Waals surface area contributed by atoms with E-state index in [-0.39, 0.29) is 17.5 Å². The molecule has 120 valence electrons. The third kappa shape index (κ3) is 3.05. The van der Waals surface area contributed by atoms with Crippen LogP contribution in [0, 0.1) is 6.92 Å². The van der Waals surface area contributed by atoms with Gasteiger partial charge in [0.25, 0.3) is 5.56 Å². The average Bonchev–Trinajstić information content (AvgIpc) is 2.90. The van der Waals surface area contributed by atoms with E-state index in [0.717, 1.165) is 49.3 Å². The van der Waals surface area contributed by atoms with Crippen LogP contribution in [0.1, 0.15) is 25.1 Å². The van der Waals surface area contributed by atoms with Crippen molar-refractivity contribution >= 4 is 17.7 Å². The number of hydrogen-bond acceptors (Lipinski definition) is 5. The Hall–Kier alpha value is -1.34. The Bertz CT molecular complexity index is 622. The Morgan fingerprint density at radius 2 is 2.09 bits per heavy atom. The van der Waals surface area contributed by atoms with Crippen LogP contribution in [0.25, 0.3) is 0 Å². The summed E-state index contributed by atoms with van der Waals surface area (Å²) >= 11 is 1.57. The van der Waals surface area contributed by atoms with Crippen LogP contribution < -0.4 is 5.56 Å². The van der Waals surface area contributed by atoms with Gasteiger partial charge in [-0.1, -0.05) is 18.7 Å². The van der Waals surface area contributed by atoms with Crippen molar-refractivity contribution in [2.75, 3.05) is 38.5 Å². The lowest BCUT2D eigenvalue weighted by Gasteiger charge is -2.34. The predicted octanol–water partition coefficient (Wildman–Crippen LogP) is 0.753. The number of aryl methyl sites for hydroxylation is 1. The molecule has 1 atom stereocenters. The van der Waals surface area contributed by atoms with E-state index in [1.54, 1.807) is 22.4 Å². The number of likely N-dealkylation sites (N-methyl/N-ethyl adjacent to an activating group) is 1. The first-order valence-electron chi connectivity index (χ1n) is 7.81. The van der Waals surface area contributed by atoms with Crippen molar-refractivity contribution in [2.24, 2.45) is 0 Å². The van der Waals surface area contributed by atoms with Crippen LogP contribution in [-0.2, 0) is 4.79 Å². The fourth-order valence-corrected chi connectivity index (χ4v) is 4.25. The van der Waals surface area contributed by atoms with Gasteiger partial charge in [-0.25, -0.2) is 4.98 Å². The van der Waals surface area contributed by atoms with Gasteiger partial charge in [0.2, 0.25) is 5.91 Å². The molecule has 1 amide bonds. The van der Waals surface area contributed by atoms with Crippen LogP contribution in [0.15, 0.2) is 16.0 Å². The molecule has 0 N–H and O–H groups in total. The number of nitrogens with zero attached hydrogens (tertiary/aromatic N) is 4. The quantitative estimate of drug-likeness (QED) is 0.769. The second-order valence-corrected chi connectivity index (χ2v) is 6.86. The minimum Gasteiger partial charge on any atom is -0.340 e. The van der Waals surface area contributed by atoms with Gasteiger partial charge < -0.3 is 9.80 Å². The molecule has 0 radical (unpaired) electrons. The second kappa shape index (κ2) is 6.42. The predicted molar refractivity (Wildman–Crippen MR) is 86.3 cm³/mol. The zero-order chi connectivity index (χ0) is 15.7. The van der Waals surface area contributed by atoms with Crippen LogP contribution in [-0.4, -0.2) is 63.7 Å². The summed E-state index contributed by atoms with van der Waals surface area (Å²) in [5.74, 6) is 0.911. The van der Waals surface area contributed by atoms with Crippen LogP contribution in [0.3, 0.4) is 0 Å². The van der Waals surface area contributed by atoms with Gasteiger partial charge in [0.05, 0.1) is 6.04 Å². The van der Waals surface area contributed by atoms with Crippen molar-refractivity contribution in [1.29, 1.82) is 0 Å². The Kier molecular flexibility index (Phi) is 4.54. The van der Waals surface area contributed by atoms with E-state index in [9.17, 15) is 9.59 Å². The number of rotatable bonds is 3. The van der Waals surface area contributed by atoms with Gasteiger partial charge in [-0.05, 0) is 13.5 Å². The van der Waals surface area contributed by atoms with Gasteiger partial charge >= 0.3 is 0 Å². The Balaban J connectivity index is 1.66. The number of thioether (sulfide) groups is 1. The molecule has 2 aliphatic rings. The first-order chi connectivity index (χ1) is 10.6. The van der Waals surface area contributed by atoms with Crippen molar-refractivity contribution in [3.8, 4) is 0 Å². The van der Waals surface area contributed by atoms with Crippen molar-refractivity contribution in [1.82, 2.24) is 19.4 Å². The molecule has 1 saturated heterocycles. The molecular formula is C15H22N4O2S. The molecule has 1 fully saturated rings. The highest BCUT2D eigenvalue weighted by molar-refractivity contribution is 7.99. The molecule has 0 aromatic carbocycles. The van der Waals surface area contributed by atoms with Crippen molar-refractivity contribution < 1.29 is 4.79 Å². The molecule has 3 heterocycles. The Labute approximate surface area is 134 Å². The summed E-state index contributed by atoms with van der Waals surface area (Å²) in [6.07, 6.45) is 0.400. The zero-order valence-electron chi connectivity index (χ0n) is 13.1. The lowest BCUT2D eigenvalue weighted by Crippen LogP contribution is -2.49. The zero-order valence-corrected chi connectivity index (χ0v) is 13.9. The van der Waals surface area contributed by atoms with Gasteiger partial charge in [-0.3, -0.25) is 14.2 Å². The number of aromatic nitrogens is 2. The molecule has 1 aromatic rings. The summed E-state index contributed by atoms with van der Waals surface area (Å²) in [7, 11) is 0. The summed E-state index contributed by atoms with van der Waals surface area (Å²) < 4.78 is 1.69. The molecule has 3 rings (SSSR count). The molecule has 1 aromatic heterocycles. The molecular weight excluding hydrogens is 300 g/mol. The standard InChI is InChI=1S/C15H22N4O2S/c1-3-17-4-6-18(7-5-17)13(20)9-12-10-22-15-16-11(2)8-14(21)19(12)15/h8,12H,3-7,9-10H2,1-2H3/t12-/m1/s1. The van der Waals surface area contributed by atoms with E-state index < -0.39 is 0 Å². The van der Waals surface area contributed by atoms with E-state index in [2.05, 4.69) is 16.8 Å². The summed E-state index contributed by atoms with van der Waals surface area (Å²) in [5, 5.41) is 0.749. The molecule has 2 aliphatic heterocycles. The van der Waals surface area contributed by atoms with E-state index in [1.165, 1.54) is 0 Å². The van der Waals surface area contributed by atoms with Crippen LogP contribution in [0.4, 0.5) is 0 Å². The van der Waals surface area contributed by atoms with Gasteiger partial charge in [0.15, 0.2) is 5.16 Å². The summed E-state index contributed by atoms with van der Waals surface area (Å²) in [6.45, 7) is 8.48. The van der Waals surface area contributed by atoms with Crippen LogP contribution >= 0.6 is 11.8 Å². The maximum Gasteiger partial charge on any atom is 0.254 e. The third-order valence-electron chi connectivity index (χ3n) is 4.40. The highest BCUT2D eigenvalue weighted by Crippen LogP contribution is 2.32. The van der Waals surface area contributed by atoms with Crippen LogP contribution in [0.2, 0.25) is 0 Å². The smallest absolute Gasteiger partial charge is 0.254 e. The minimum atomic E-state index is -0.0581. The normalized spacial score (nSPS) is 21.9. The lowest BCUT2D eigenvalue weighted by molar-refractivity contribution is -0.133. The first-order valence-corrected chi connectivity index (χ1v) is 8.80. The molecule has 0 saturated carbocycles. The van der Waals surface area contributed by atoms with Gasteiger partial charge in [-0.2, -0.15) is 0 Å². The third-order valence-corrected chi connectivity index (χ3v) is 5.50. The highest BCUT2D eigenvalue weighted by Gasteiger charge is 2.29.